The summed E-state index contributed by atoms with van der Waals surface area (Å²) < 4.78 is 9.40. The van der Waals surface area contributed by atoms with Crippen LogP contribution in [-0.2, 0) is 14.9 Å². The molecule has 0 saturated heterocycles. The molecule has 2 heterocycles. The molecule has 6 N–H and O–H groups in total. The number of ether oxygens (including phenoxy) is 1. The van der Waals surface area contributed by atoms with Crippen LogP contribution in [0.5, 0.6) is 0 Å². The van der Waals surface area contributed by atoms with Gasteiger partial charge in [0.25, 0.3) is 0 Å². The van der Waals surface area contributed by atoms with E-state index in [2.05, 4.69) is 20.6 Å². The summed E-state index contributed by atoms with van der Waals surface area (Å²) in [6.45, 7) is 6.15. The number of hydrogen-bond donors (Lipinski definition) is 3. The second kappa shape index (κ2) is 14.7. The van der Waals surface area contributed by atoms with Crippen LogP contribution >= 0.6 is 0 Å². The van der Waals surface area contributed by atoms with E-state index in [1.165, 1.54) is 25.4 Å². The molecule has 0 aliphatic heterocycles. The van der Waals surface area contributed by atoms with Crippen molar-refractivity contribution in [3.63, 3.8) is 0 Å². The Labute approximate surface area is 186 Å². The van der Waals surface area contributed by atoms with Crippen LogP contribution in [0.3, 0.4) is 0 Å². The number of aromatic nitrogens is 2. The van der Waals surface area contributed by atoms with Gasteiger partial charge in [0.1, 0.15) is 11.5 Å². The number of carbonyl (C=O) groups is 3. The first kappa shape index (κ1) is 27.8. The highest BCUT2D eigenvalue weighted by Gasteiger charge is 2.18. The summed E-state index contributed by atoms with van der Waals surface area (Å²) in [5.74, 6) is 0.815. The van der Waals surface area contributed by atoms with Crippen LogP contribution in [0.15, 0.2) is 59.3 Å². The molecule has 2 aromatic heterocycles. The molecule has 1 amide bonds. The Morgan fingerprint density at radius 3 is 1.94 bits per heavy atom. The van der Waals surface area contributed by atoms with Crippen molar-refractivity contribution in [1.82, 2.24) is 10.1 Å². The number of para-hydroxylation sites is 1. The number of esters is 1. The minimum Gasteiger partial charge on any atom is -0.465 e. The van der Waals surface area contributed by atoms with Crippen molar-refractivity contribution in [2.45, 2.75) is 26.2 Å². The third-order valence-electron chi connectivity index (χ3n) is 3.40. The van der Waals surface area contributed by atoms with Gasteiger partial charge in [-0.2, -0.15) is 0 Å². The fraction of sp³-hybridized carbons (Fsp3) is 0.227. The SMILES string of the molecule is CC(C)(C)c1cc(N)no1.COC(=O)c1ccc(C=O)nc1.NC=O.Nc1ccccc1. The Bertz CT molecular complexity index is 935. The maximum Gasteiger partial charge on any atom is 0.339 e. The van der Waals surface area contributed by atoms with Gasteiger partial charge in [0.05, 0.1) is 12.7 Å². The normalized spacial score (nSPS) is 9.38. The highest BCUT2D eigenvalue weighted by atomic mass is 16.5. The lowest BCUT2D eigenvalue weighted by Crippen LogP contribution is -2.09. The summed E-state index contributed by atoms with van der Waals surface area (Å²) in [4.78, 5) is 33.3. The zero-order chi connectivity index (χ0) is 24.6. The number of rotatable bonds is 2. The number of nitrogens with zero attached hydrogens (tertiary/aromatic N) is 2. The molecule has 0 radical (unpaired) electrons. The smallest absolute Gasteiger partial charge is 0.339 e. The van der Waals surface area contributed by atoms with Gasteiger partial charge in [-0.15, -0.1) is 0 Å². The van der Waals surface area contributed by atoms with Crippen molar-refractivity contribution in [2.75, 3.05) is 18.6 Å². The maximum atomic E-state index is 10.9. The largest absolute Gasteiger partial charge is 0.465 e. The molecule has 3 rings (SSSR count). The number of carbonyl (C=O) groups excluding carboxylic acids is 3. The maximum absolute atomic E-state index is 10.9. The molecule has 172 valence electrons. The minimum absolute atomic E-state index is 0.00458. The zero-order valence-electron chi connectivity index (χ0n) is 18.5. The monoisotopic (exact) mass is 443 g/mol. The van der Waals surface area contributed by atoms with E-state index >= 15 is 0 Å². The van der Waals surface area contributed by atoms with Crippen LogP contribution in [-0.4, -0.2) is 35.9 Å². The van der Waals surface area contributed by atoms with Crippen molar-refractivity contribution in [3.8, 4) is 0 Å². The van der Waals surface area contributed by atoms with E-state index in [9.17, 15) is 9.59 Å². The number of pyridine rings is 1. The lowest BCUT2D eigenvalue weighted by atomic mass is 9.93. The van der Waals surface area contributed by atoms with Gasteiger partial charge in [-0.05, 0) is 24.3 Å². The number of hydrogen-bond acceptors (Lipinski definition) is 9. The summed E-state index contributed by atoms with van der Waals surface area (Å²) in [7, 11) is 1.29. The first-order chi connectivity index (χ1) is 15.1. The fourth-order valence-electron chi connectivity index (χ4n) is 1.81. The number of methoxy groups -OCH3 is 1. The second-order valence-corrected chi connectivity index (χ2v) is 6.99. The number of nitrogen functional groups attached to an aromatic ring is 2. The number of anilines is 2. The Morgan fingerprint density at radius 2 is 1.66 bits per heavy atom. The molecular formula is C22H29N5O5. The topological polar surface area (TPSA) is 177 Å². The average Bonchev–Trinajstić information content (AvgIpc) is 3.22. The molecule has 0 fully saturated rings. The molecule has 0 unspecified atom stereocenters. The minimum atomic E-state index is -0.458. The van der Waals surface area contributed by atoms with E-state index in [0.717, 1.165) is 11.4 Å². The third-order valence-corrected chi connectivity index (χ3v) is 3.40. The quantitative estimate of drug-likeness (QED) is 0.305. The van der Waals surface area contributed by atoms with Crippen LogP contribution in [0.2, 0.25) is 0 Å². The van der Waals surface area contributed by atoms with E-state index in [1.54, 1.807) is 6.07 Å². The van der Waals surface area contributed by atoms with Crippen LogP contribution in [0.1, 0.15) is 47.4 Å². The molecule has 0 atom stereocenters. The molecule has 3 aromatic rings. The van der Waals surface area contributed by atoms with Crippen molar-refractivity contribution in [1.29, 1.82) is 0 Å². The van der Waals surface area contributed by atoms with Gasteiger partial charge < -0.3 is 26.5 Å². The first-order valence-corrected chi connectivity index (χ1v) is 9.27. The predicted molar refractivity (Wildman–Crippen MR) is 122 cm³/mol. The van der Waals surface area contributed by atoms with Crippen molar-refractivity contribution >= 4 is 30.2 Å². The van der Waals surface area contributed by atoms with Gasteiger partial charge in [0, 0.05) is 23.4 Å². The highest BCUT2D eigenvalue weighted by molar-refractivity contribution is 5.89. The van der Waals surface area contributed by atoms with E-state index in [-0.39, 0.29) is 11.8 Å². The third kappa shape index (κ3) is 11.7. The summed E-state index contributed by atoms with van der Waals surface area (Å²) in [6.07, 6.45) is 2.16. The van der Waals surface area contributed by atoms with Crippen molar-refractivity contribution in [3.05, 3.63) is 71.7 Å². The number of benzene rings is 1. The predicted octanol–water partition coefficient (Wildman–Crippen LogP) is 2.61. The van der Waals surface area contributed by atoms with Gasteiger partial charge in [-0.3, -0.25) is 14.6 Å². The van der Waals surface area contributed by atoms with Gasteiger partial charge in [0.15, 0.2) is 12.1 Å². The van der Waals surface area contributed by atoms with Gasteiger partial charge in [-0.25, -0.2) is 4.79 Å². The van der Waals surface area contributed by atoms with E-state index in [0.29, 0.717) is 23.4 Å². The Morgan fingerprint density at radius 1 is 1.06 bits per heavy atom. The van der Waals surface area contributed by atoms with Crippen molar-refractivity contribution < 1.29 is 23.6 Å². The van der Waals surface area contributed by atoms with E-state index in [4.69, 9.17) is 20.8 Å². The molecule has 1 aromatic carbocycles. The molecule has 10 heteroatoms. The lowest BCUT2D eigenvalue weighted by Gasteiger charge is -2.11. The van der Waals surface area contributed by atoms with Crippen LogP contribution in [0.25, 0.3) is 0 Å². The van der Waals surface area contributed by atoms with Crippen LogP contribution < -0.4 is 17.2 Å². The molecule has 10 nitrogen and oxygen atoms in total. The highest BCUT2D eigenvalue weighted by Crippen LogP contribution is 2.22. The molecule has 0 aliphatic carbocycles. The molecule has 0 bridgehead atoms. The van der Waals surface area contributed by atoms with Gasteiger partial charge in [0.2, 0.25) is 6.41 Å². The molecule has 0 spiro atoms. The molecular weight excluding hydrogens is 414 g/mol. The zero-order valence-corrected chi connectivity index (χ0v) is 18.5. The summed E-state index contributed by atoms with van der Waals surface area (Å²) in [6, 6.07) is 14.2. The number of nitrogens with two attached hydrogens (primary N) is 3. The average molecular weight is 444 g/mol. The summed E-state index contributed by atoms with van der Waals surface area (Å²) in [5, 5.41) is 3.59. The number of aldehydes is 1. The lowest BCUT2D eigenvalue weighted by molar-refractivity contribution is -0.106. The standard InChI is InChI=1S/C8H7NO3.C7H12N2O.C6H7N.CH3NO/c1-12-8(11)6-2-3-7(5-10)9-4-6;1-7(2,3)5-4-6(8)9-10-5;7-6-4-2-1-3-5-6;2-1-3/h2-5H,1H3;4H,1-3H3,(H2,8,9);1-5H,7H2;1H,(H2,2,3). The van der Waals surface area contributed by atoms with E-state index < -0.39 is 5.97 Å². The first-order valence-electron chi connectivity index (χ1n) is 9.27. The van der Waals surface area contributed by atoms with Crippen molar-refractivity contribution in [2.24, 2.45) is 5.73 Å². The van der Waals surface area contributed by atoms with Crippen LogP contribution in [0.4, 0.5) is 11.5 Å². The molecule has 0 saturated carbocycles. The van der Waals surface area contributed by atoms with Gasteiger partial charge in [-0.1, -0.05) is 44.1 Å². The Balaban J connectivity index is 0.000000435. The number of amides is 1. The van der Waals surface area contributed by atoms with Crippen LogP contribution in [0, 0.1) is 0 Å². The molecule has 0 aliphatic rings. The summed E-state index contributed by atoms with van der Waals surface area (Å²) in [5.41, 5.74) is 16.4. The van der Waals surface area contributed by atoms with E-state index in [1.807, 2.05) is 51.1 Å². The second-order valence-electron chi connectivity index (χ2n) is 6.99. The fourth-order valence-corrected chi connectivity index (χ4v) is 1.81. The summed E-state index contributed by atoms with van der Waals surface area (Å²) >= 11 is 0. The van der Waals surface area contributed by atoms with Gasteiger partial charge >= 0.3 is 5.97 Å². The number of primary amides is 1. The Hall–Kier alpha value is -4.21. The molecule has 32 heavy (non-hydrogen) atoms. The Kier molecular flexibility index (Phi) is 12.8.